The minimum Gasteiger partial charge on any atom is -0.369 e. The van der Waals surface area contributed by atoms with Crippen LogP contribution in [-0.2, 0) is 4.79 Å². The molecular formula is C22H25N5O. The summed E-state index contributed by atoms with van der Waals surface area (Å²) in [5.74, 6) is 0.126. The molecule has 0 N–H and O–H groups in total. The van der Waals surface area contributed by atoms with Crippen molar-refractivity contribution < 1.29 is 4.79 Å². The molecule has 2 heterocycles. The first-order valence-corrected chi connectivity index (χ1v) is 9.59. The third kappa shape index (κ3) is 3.68. The van der Waals surface area contributed by atoms with E-state index < -0.39 is 0 Å². The van der Waals surface area contributed by atoms with Crippen molar-refractivity contribution in [1.29, 1.82) is 0 Å². The Morgan fingerprint density at radius 1 is 0.929 bits per heavy atom. The number of anilines is 1. The highest BCUT2D eigenvalue weighted by Gasteiger charge is 2.31. The number of benzene rings is 2. The standard InChI is InChI=1S/C22H25N5O/c1-25(2)22(28)21(17-6-4-3-5-7-17)27-14-12-26(13-15-27)18-8-9-19-20(16-18)24-11-10-23-19/h3-11,16,21H,12-15H2,1-2H3. The van der Waals surface area contributed by atoms with E-state index in [1.165, 1.54) is 0 Å². The fourth-order valence-electron chi connectivity index (χ4n) is 3.78. The molecule has 6 heteroatoms. The summed E-state index contributed by atoms with van der Waals surface area (Å²) in [6.07, 6.45) is 3.44. The van der Waals surface area contributed by atoms with Gasteiger partial charge >= 0.3 is 0 Å². The minimum absolute atomic E-state index is 0.126. The number of amides is 1. The zero-order valence-electron chi connectivity index (χ0n) is 16.3. The first-order valence-electron chi connectivity index (χ1n) is 9.59. The molecular weight excluding hydrogens is 350 g/mol. The van der Waals surface area contributed by atoms with Crippen LogP contribution >= 0.6 is 0 Å². The van der Waals surface area contributed by atoms with E-state index in [1.807, 2.05) is 50.5 Å². The maximum atomic E-state index is 12.9. The average molecular weight is 375 g/mol. The van der Waals surface area contributed by atoms with Gasteiger partial charge in [0, 0.05) is 58.4 Å². The largest absolute Gasteiger partial charge is 0.369 e. The Bertz CT molecular complexity index is 951. The lowest BCUT2D eigenvalue weighted by molar-refractivity contribution is -0.134. The van der Waals surface area contributed by atoms with Gasteiger partial charge in [0.2, 0.25) is 5.91 Å². The molecule has 1 amide bonds. The van der Waals surface area contributed by atoms with Crippen LogP contribution in [0.5, 0.6) is 0 Å². The molecule has 0 saturated carbocycles. The van der Waals surface area contributed by atoms with Crippen LogP contribution in [0, 0.1) is 0 Å². The molecule has 28 heavy (non-hydrogen) atoms. The summed E-state index contributed by atoms with van der Waals surface area (Å²) in [5.41, 5.74) is 4.02. The maximum absolute atomic E-state index is 12.9. The Hall–Kier alpha value is -2.99. The Morgan fingerprint density at radius 3 is 2.29 bits per heavy atom. The quantitative estimate of drug-likeness (QED) is 0.702. The molecule has 2 aromatic carbocycles. The molecule has 1 fully saturated rings. The minimum atomic E-state index is -0.235. The van der Waals surface area contributed by atoms with Gasteiger partial charge in [0.25, 0.3) is 0 Å². The van der Waals surface area contributed by atoms with Crippen molar-refractivity contribution in [3.63, 3.8) is 0 Å². The summed E-state index contributed by atoms with van der Waals surface area (Å²) in [5, 5.41) is 0. The van der Waals surface area contributed by atoms with E-state index in [9.17, 15) is 4.79 Å². The molecule has 144 valence electrons. The SMILES string of the molecule is CN(C)C(=O)C(c1ccccc1)N1CCN(c2ccc3nccnc3c2)CC1. The fraction of sp³-hybridized carbons (Fsp3) is 0.318. The Kier molecular flexibility index (Phi) is 5.21. The van der Waals surface area contributed by atoms with Crippen LogP contribution in [0.2, 0.25) is 0 Å². The van der Waals surface area contributed by atoms with Gasteiger partial charge in [-0.05, 0) is 23.8 Å². The zero-order chi connectivity index (χ0) is 19.5. The number of likely N-dealkylation sites (N-methyl/N-ethyl adjacent to an activating group) is 1. The van der Waals surface area contributed by atoms with Crippen molar-refractivity contribution in [3.05, 3.63) is 66.5 Å². The molecule has 1 unspecified atom stereocenters. The highest BCUT2D eigenvalue weighted by molar-refractivity contribution is 5.83. The van der Waals surface area contributed by atoms with E-state index in [-0.39, 0.29) is 11.9 Å². The molecule has 1 aliphatic heterocycles. The molecule has 4 rings (SSSR count). The number of carbonyl (C=O) groups excluding carboxylic acids is 1. The molecule has 0 aliphatic carbocycles. The van der Waals surface area contributed by atoms with E-state index in [1.54, 1.807) is 17.3 Å². The molecule has 0 spiro atoms. The van der Waals surface area contributed by atoms with Gasteiger partial charge in [0.1, 0.15) is 6.04 Å². The zero-order valence-corrected chi connectivity index (χ0v) is 16.3. The number of fused-ring (bicyclic) bond motifs is 1. The summed E-state index contributed by atoms with van der Waals surface area (Å²) < 4.78 is 0. The van der Waals surface area contributed by atoms with Crippen molar-refractivity contribution in [2.45, 2.75) is 6.04 Å². The van der Waals surface area contributed by atoms with Gasteiger partial charge in [-0.15, -0.1) is 0 Å². The normalized spacial score (nSPS) is 16.1. The summed E-state index contributed by atoms with van der Waals surface area (Å²) in [6, 6.07) is 16.1. The van der Waals surface area contributed by atoms with E-state index in [0.717, 1.165) is 48.5 Å². The highest BCUT2D eigenvalue weighted by atomic mass is 16.2. The number of rotatable bonds is 4. The van der Waals surface area contributed by atoms with Crippen LogP contribution in [0.3, 0.4) is 0 Å². The van der Waals surface area contributed by atoms with Gasteiger partial charge in [-0.25, -0.2) is 0 Å². The Balaban J connectivity index is 1.51. The smallest absolute Gasteiger partial charge is 0.244 e. The van der Waals surface area contributed by atoms with Gasteiger partial charge in [-0.2, -0.15) is 0 Å². The fourth-order valence-corrected chi connectivity index (χ4v) is 3.78. The predicted molar refractivity (Wildman–Crippen MR) is 111 cm³/mol. The number of nitrogens with zero attached hydrogens (tertiary/aromatic N) is 5. The third-order valence-corrected chi connectivity index (χ3v) is 5.29. The first-order chi connectivity index (χ1) is 13.6. The van der Waals surface area contributed by atoms with Crippen molar-refractivity contribution in [2.75, 3.05) is 45.2 Å². The van der Waals surface area contributed by atoms with Crippen molar-refractivity contribution >= 4 is 22.6 Å². The van der Waals surface area contributed by atoms with Crippen LogP contribution in [-0.4, -0.2) is 65.9 Å². The molecule has 0 radical (unpaired) electrons. The number of piperazine rings is 1. The number of hydrogen-bond acceptors (Lipinski definition) is 5. The third-order valence-electron chi connectivity index (χ3n) is 5.29. The van der Waals surface area contributed by atoms with Gasteiger partial charge in [0.05, 0.1) is 11.0 Å². The Labute approximate surface area is 165 Å². The van der Waals surface area contributed by atoms with E-state index in [2.05, 4.69) is 31.9 Å². The summed E-state index contributed by atoms with van der Waals surface area (Å²) in [4.78, 5) is 28.0. The molecule has 1 aromatic heterocycles. The van der Waals surface area contributed by atoms with Crippen molar-refractivity contribution in [3.8, 4) is 0 Å². The molecule has 1 aliphatic rings. The highest BCUT2D eigenvalue weighted by Crippen LogP contribution is 2.26. The maximum Gasteiger partial charge on any atom is 0.244 e. The molecule has 1 atom stereocenters. The number of aromatic nitrogens is 2. The second kappa shape index (κ2) is 7.94. The topological polar surface area (TPSA) is 52.6 Å². The van der Waals surface area contributed by atoms with E-state index in [0.29, 0.717) is 0 Å². The van der Waals surface area contributed by atoms with E-state index in [4.69, 9.17) is 0 Å². The van der Waals surface area contributed by atoms with Crippen LogP contribution in [0.1, 0.15) is 11.6 Å². The molecule has 3 aromatic rings. The molecule has 0 bridgehead atoms. The van der Waals surface area contributed by atoms with Gasteiger partial charge in [-0.1, -0.05) is 30.3 Å². The average Bonchev–Trinajstić information content (AvgIpc) is 2.75. The van der Waals surface area contributed by atoms with Crippen molar-refractivity contribution in [2.24, 2.45) is 0 Å². The lowest BCUT2D eigenvalue weighted by atomic mass is 10.0. The van der Waals surface area contributed by atoms with Crippen LogP contribution < -0.4 is 4.90 Å². The van der Waals surface area contributed by atoms with Crippen LogP contribution in [0.4, 0.5) is 5.69 Å². The van der Waals surface area contributed by atoms with Gasteiger partial charge in [-0.3, -0.25) is 19.7 Å². The lowest BCUT2D eigenvalue weighted by Crippen LogP contribution is -2.51. The monoisotopic (exact) mass is 375 g/mol. The second-order valence-electron chi connectivity index (χ2n) is 7.30. The molecule has 6 nitrogen and oxygen atoms in total. The lowest BCUT2D eigenvalue weighted by Gasteiger charge is -2.40. The van der Waals surface area contributed by atoms with Crippen LogP contribution in [0.25, 0.3) is 11.0 Å². The number of hydrogen-bond donors (Lipinski definition) is 0. The molecule has 1 saturated heterocycles. The summed E-state index contributed by atoms with van der Waals surface area (Å²) in [7, 11) is 3.65. The summed E-state index contributed by atoms with van der Waals surface area (Å²) >= 11 is 0. The van der Waals surface area contributed by atoms with Gasteiger partial charge < -0.3 is 9.80 Å². The number of carbonyl (C=O) groups is 1. The Morgan fingerprint density at radius 2 is 1.61 bits per heavy atom. The van der Waals surface area contributed by atoms with E-state index >= 15 is 0 Å². The predicted octanol–water partition coefficient (Wildman–Crippen LogP) is 2.58. The van der Waals surface area contributed by atoms with Crippen LogP contribution in [0.15, 0.2) is 60.9 Å². The second-order valence-corrected chi connectivity index (χ2v) is 7.30. The van der Waals surface area contributed by atoms with Gasteiger partial charge in [0.15, 0.2) is 0 Å². The van der Waals surface area contributed by atoms with Crippen molar-refractivity contribution in [1.82, 2.24) is 19.8 Å². The summed E-state index contributed by atoms with van der Waals surface area (Å²) in [6.45, 7) is 3.40. The first kappa shape index (κ1) is 18.4.